The number of anilines is 2. The van der Waals surface area contributed by atoms with E-state index in [-0.39, 0.29) is 11.0 Å². The van der Waals surface area contributed by atoms with E-state index in [2.05, 4.69) is 48.4 Å². The molecule has 0 atom stereocenters. The molecule has 0 aliphatic heterocycles. The third kappa shape index (κ3) is 4.25. The zero-order chi connectivity index (χ0) is 22.7. The van der Waals surface area contributed by atoms with Gasteiger partial charge in [0.05, 0.1) is 41.7 Å². The van der Waals surface area contributed by atoms with E-state index < -0.39 is 8.24 Å². The lowest BCUT2D eigenvalue weighted by atomic mass is 10.2. The van der Waals surface area contributed by atoms with Crippen molar-refractivity contribution in [3.05, 3.63) is 18.3 Å². The lowest BCUT2D eigenvalue weighted by Gasteiger charge is -2.47. The van der Waals surface area contributed by atoms with Crippen LogP contribution in [-0.4, -0.2) is 53.8 Å². The number of ether oxygens (including phenoxy) is 5. The van der Waals surface area contributed by atoms with Gasteiger partial charge in [-0.05, 0) is 5.04 Å². The first-order chi connectivity index (χ1) is 14.0. The highest BCUT2D eigenvalue weighted by Gasteiger charge is 2.44. The van der Waals surface area contributed by atoms with Gasteiger partial charge in [0.25, 0.3) is 0 Å². The van der Waals surface area contributed by atoms with E-state index in [4.69, 9.17) is 23.7 Å². The van der Waals surface area contributed by atoms with Crippen molar-refractivity contribution in [3.8, 4) is 29.1 Å². The summed E-state index contributed by atoms with van der Waals surface area (Å²) in [5.41, 5.74) is 1.63. The van der Waals surface area contributed by atoms with Crippen LogP contribution in [0.2, 0.25) is 18.1 Å². The smallest absolute Gasteiger partial charge is 0.319 e. The highest BCUT2D eigenvalue weighted by atomic mass is 28.3. The first kappa shape index (κ1) is 23.6. The molecular weight excluding hydrogens is 402 g/mol. The third-order valence-electron chi connectivity index (χ3n) is 5.63. The van der Waals surface area contributed by atoms with Gasteiger partial charge in [-0.15, -0.1) is 0 Å². The van der Waals surface area contributed by atoms with Gasteiger partial charge >= 0.3 is 6.01 Å². The Hall–Kier alpha value is -2.68. The minimum atomic E-state index is -2.21. The Labute approximate surface area is 180 Å². The van der Waals surface area contributed by atoms with Crippen molar-refractivity contribution < 1.29 is 23.7 Å². The summed E-state index contributed by atoms with van der Waals surface area (Å²) in [5, 5.41) is -0.00165. The van der Waals surface area contributed by atoms with Crippen molar-refractivity contribution in [1.82, 2.24) is 9.97 Å². The zero-order valence-corrected chi connectivity index (χ0v) is 20.6. The Balaban J connectivity index is 2.86. The maximum atomic E-state index is 5.62. The number of hydrogen-bond acceptors (Lipinski definition) is 8. The monoisotopic (exact) mass is 435 g/mol. The molecule has 0 fully saturated rings. The van der Waals surface area contributed by atoms with E-state index in [1.54, 1.807) is 34.6 Å². The highest BCUT2D eigenvalue weighted by Crippen LogP contribution is 2.50. The van der Waals surface area contributed by atoms with Gasteiger partial charge in [0.1, 0.15) is 5.69 Å². The Morgan fingerprint density at radius 2 is 1.40 bits per heavy atom. The molecular formula is C21H33N3O5Si. The molecule has 0 unspecified atom stereocenters. The van der Waals surface area contributed by atoms with Crippen LogP contribution in [0, 0.1) is 0 Å². The van der Waals surface area contributed by atoms with E-state index in [0.717, 1.165) is 11.4 Å². The molecule has 0 aliphatic rings. The van der Waals surface area contributed by atoms with Crippen molar-refractivity contribution in [2.24, 2.45) is 0 Å². The van der Waals surface area contributed by atoms with Crippen LogP contribution >= 0.6 is 0 Å². The maximum Gasteiger partial charge on any atom is 0.319 e. The molecule has 0 saturated heterocycles. The summed E-state index contributed by atoms with van der Waals surface area (Å²) in [7, 11) is 5.71. The summed E-state index contributed by atoms with van der Waals surface area (Å²) in [6.07, 6.45) is 1.73. The summed E-state index contributed by atoms with van der Waals surface area (Å²) in [6.45, 7) is 11.3. The second-order valence-corrected chi connectivity index (χ2v) is 13.3. The summed E-state index contributed by atoms with van der Waals surface area (Å²) in [4.78, 5) is 8.76. The largest absolute Gasteiger partial charge is 0.493 e. The molecule has 0 saturated carbocycles. The molecule has 0 aliphatic carbocycles. The molecule has 0 N–H and O–H groups in total. The number of nitrogens with zero attached hydrogens (tertiary/aromatic N) is 3. The van der Waals surface area contributed by atoms with Crippen molar-refractivity contribution in [3.63, 3.8) is 0 Å². The molecule has 0 bridgehead atoms. The normalized spacial score (nSPS) is 11.7. The van der Waals surface area contributed by atoms with Crippen LogP contribution < -0.4 is 28.2 Å². The molecule has 0 spiro atoms. The van der Waals surface area contributed by atoms with Crippen LogP contribution in [0.4, 0.5) is 11.4 Å². The van der Waals surface area contributed by atoms with Crippen LogP contribution in [0.15, 0.2) is 18.3 Å². The van der Waals surface area contributed by atoms with Gasteiger partial charge in [0.15, 0.2) is 19.7 Å². The molecule has 9 heteroatoms. The van der Waals surface area contributed by atoms with Crippen molar-refractivity contribution in [1.29, 1.82) is 0 Å². The fraction of sp³-hybridized carbons (Fsp3) is 0.524. The first-order valence-electron chi connectivity index (χ1n) is 9.61. The highest BCUT2D eigenvalue weighted by molar-refractivity contribution is 6.84. The predicted octanol–water partition coefficient (Wildman–Crippen LogP) is 4.66. The van der Waals surface area contributed by atoms with Crippen molar-refractivity contribution >= 4 is 19.6 Å². The minimum Gasteiger partial charge on any atom is -0.493 e. The maximum absolute atomic E-state index is 5.62. The number of aromatic nitrogens is 2. The number of benzene rings is 1. The summed E-state index contributed by atoms with van der Waals surface area (Å²) < 4.78 is 29.8. The summed E-state index contributed by atoms with van der Waals surface area (Å²) in [6, 6.07) is 4.12. The average Bonchev–Trinajstić information content (AvgIpc) is 2.72. The lowest BCUT2D eigenvalue weighted by molar-refractivity contribution is 0.324. The standard InChI is InChI=1S/C21H33N3O5Si/c1-21(2,3)30(9,10)24(15-13-22-20(29-8)23-19(15)28-7)14-11-16(25-4)18(27-6)17(12-14)26-5/h11-13H,1-10H3. The minimum absolute atomic E-state index is 0.00165. The molecule has 2 rings (SSSR count). The summed E-state index contributed by atoms with van der Waals surface area (Å²) >= 11 is 0. The molecule has 166 valence electrons. The third-order valence-corrected chi connectivity index (χ3v) is 10.9. The quantitative estimate of drug-likeness (QED) is 0.554. The van der Waals surface area contributed by atoms with Gasteiger partial charge in [-0.2, -0.15) is 4.98 Å². The number of rotatable bonds is 8. The van der Waals surface area contributed by atoms with Gasteiger partial charge in [0, 0.05) is 17.8 Å². The van der Waals surface area contributed by atoms with Crippen LogP contribution in [0.3, 0.4) is 0 Å². The zero-order valence-electron chi connectivity index (χ0n) is 19.6. The lowest BCUT2D eigenvalue weighted by Crippen LogP contribution is -2.53. The van der Waals surface area contributed by atoms with Gasteiger partial charge < -0.3 is 28.2 Å². The Morgan fingerprint density at radius 3 is 1.80 bits per heavy atom. The number of hydrogen-bond donors (Lipinski definition) is 0. The first-order valence-corrected chi connectivity index (χ1v) is 12.6. The van der Waals surface area contributed by atoms with Crippen LogP contribution in [0.1, 0.15) is 20.8 Å². The van der Waals surface area contributed by atoms with E-state index in [9.17, 15) is 0 Å². The molecule has 1 aromatic heterocycles. The van der Waals surface area contributed by atoms with Crippen molar-refractivity contribution in [2.45, 2.75) is 38.9 Å². The summed E-state index contributed by atoms with van der Waals surface area (Å²) in [5.74, 6) is 2.12. The van der Waals surface area contributed by atoms with E-state index in [1.165, 1.54) is 7.11 Å². The van der Waals surface area contributed by atoms with Crippen LogP contribution in [-0.2, 0) is 0 Å². The van der Waals surface area contributed by atoms with E-state index >= 15 is 0 Å². The molecule has 30 heavy (non-hydrogen) atoms. The van der Waals surface area contributed by atoms with Gasteiger partial charge in [0.2, 0.25) is 11.6 Å². The fourth-order valence-corrected chi connectivity index (χ4v) is 5.24. The van der Waals surface area contributed by atoms with Crippen molar-refractivity contribution in [2.75, 3.05) is 40.1 Å². The van der Waals surface area contributed by atoms with Gasteiger partial charge in [-0.1, -0.05) is 33.9 Å². The molecule has 2 aromatic rings. The fourth-order valence-electron chi connectivity index (χ4n) is 3.04. The van der Waals surface area contributed by atoms with Crippen LogP contribution in [0.25, 0.3) is 0 Å². The number of methoxy groups -OCH3 is 5. The van der Waals surface area contributed by atoms with E-state index in [0.29, 0.717) is 23.1 Å². The Kier molecular flexibility index (Phi) is 7.07. The topological polar surface area (TPSA) is 75.2 Å². The average molecular weight is 436 g/mol. The molecule has 0 radical (unpaired) electrons. The Bertz CT molecular complexity index is 858. The predicted molar refractivity (Wildman–Crippen MR) is 121 cm³/mol. The SMILES string of the molecule is COc1ncc(N(c2cc(OC)c(OC)c(OC)c2)[Si](C)(C)C(C)(C)C)c(OC)n1. The van der Waals surface area contributed by atoms with E-state index in [1.807, 2.05) is 12.1 Å². The Morgan fingerprint density at radius 1 is 0.833 bits per heavy atom. The second kappa shape index (κ2) is 8.99. The molecule has 0 amide bonds. The molecule has 1 aromatic carbocycles. The van der Waals surface area contributed by atoms with Crippen LogP contribution in [0.5, 0.6) is 29.1 Å². The molecule has 1 heterocycles. The molecule has 8 nitrogen and oxygen atoms in total. The van der Waals surface area contributed by atoms with Gasteiger partial charge in [-0.3, -0.25) is 0 Å². The van der Waals surface area contributed by atoms with Gasteiger partial charge in [-0.25, -0.2) is 4.98 Å². The second-order valence-electron chi connectivity index (χ2n) is 8.28.